The van der Waals surface area contributed by atoms with E-state index in [0.717, 1.165) is 38.8 Å². The fourth-order valence-electron chi connectivity index (χ4n) is 3.15. The third-order valence-corrected chi connectivity index (χ3v) is 4.75. The van der Waals surface area contributed by atoms with E-state index in [1.807, 2.05) is 13.0 Å². The average molecular weight is 376 g/mol. The molecule has 0 bridgehead atoms. The maximum absolute atomic E-state index is 11.7. The van der Waals surface area contributed by atoms with Gasteiger partial charge in [-0.2, -0.15) is 0 Å². The second-order valence-electron chi connectivity index (χ2n) is 6.84. The number of hydrogen-bond acceptors (Lipinski definition) is 4. The van der Waals surface area contributed by atoms with Gasteiger partial charge in [-0.3, -0.25) is 4.99 Å². The number of nitrogens with zero attached hydrogens (tertiary/aromatic N) is 3. The number of likely N-dealkylation sites (tertiary alicyclic amines) is 1. The van der Waals surface area contributed by atoms with Gasteiger partial charge < -0.3 is 25.6 Å². The van der Waals surface area contributed by atoms with Crippen molar-refractivity contribution < 1.29 is 9.53 Å². The molecule has 1 fully saturated rings. The number of hydrogen-bond donors (Lipinski definition) is 2. The van der Waals surface area contributed by atoms with Crippen LogP contribution in [0.2, 0.25) is 0 Å². The van der Waals surface area contributed by atoms with E-state index >= 15 is 0 Å². The number of unbranched alkanes of at least 4 members (excludes halogenated alkanes) is 1. The van der Waals surface area contributed by atoms with Crippen LogP contribution < -0.4 is 16.0 Å². The fraction of sp³-hybridized carbons (Fsp3) is 0.600. The second kappa shape index (κ2) is 11.3. The first-order valence-corrected chi connectivity index (χ1v) is 9.84. The van der Waals surface area contributed by atoms with Crippen molar-refractivity contribution in [1.29, 1.82) is 0 Å². The molecule has 0 atom stereocenters. The van der Waals surface area contributed by atoms with E-state index in [9.17, 15) is 4.79 Å². The summed E-state index contributed by atoms with van der Waals surface area (Å²) in [7, 11) is 2.11. The minimum Gasteiger partial charge on any atom is -0.450 e. The van der Waals surface area contributed by atoms with E-state index in [1.54, 1.807) is 4.90 Å². The summed E-state index contributed by atoms with van der Waals surface area (Å²) >= 11 is 0. The Morgan fingerprint density at radius 1 is 1.30 bits per heavy atom. The fourth-order valence-corrected chi connectivity index (χ4v) is 3.15. The van der Waals surface area contributed by atoms with Crippen molar-refractivity contribution in [3.63, 3.8) is 0 Å². The number of benzene rings is 1. The maximum atomic E-state index is 11.7. The van der Waals surface area contributed by atoms with Gasteiger partial charge in [0.2, 0.25) is 0 Å². The largest absolute Gasteiger partial charge is 0.450 e. The number of aliphatic imine (C=N–C) groups is 1. The van der Waals surface area contributed by atoms with Crippen LogP contribution in [0.5, 0.6) is 0 Å². The van der Waals surface area contributed by atoms with E-state index in [4.69, 9.17) is 10.5 Å². The number of rotatable bonds is 8. The lowest BCUT2D eigenvalue weighted by molar-refractivity contribution is 0.0963. The molecule has 3 N–H and O–H groups in total. The Kier molecular flexibility index (Phi) is 8.74. The van der Waals surface area contributed by atoms with Crippen molar-refractivity contribution in [2.45, 2.75) is 38.6 Å². The highest BCUT2D eigenvalue weighted by atomic mass is 16.6. The Balaban J connectivity index is 1.59. The standard InChI is InChI=1S/C20H33N5O2/c1-3-27-20(26)25-15-11-17(12-16-25)23-19(21)22-13-7-8-14-24(2)18-9-5-4-6-10-18/h4-6,9-10,17H,3,7-8,11-16H2,1-2H3,(H3,21,22,23). The lowest BCUT2D eigenvalue weighted by Gasteiger charge is -2.31. The van der Waals surface area contributed by atoms with Gasteiger partial charge in [0.25, 0.3) is 0 Å². The molecule has 1 aromatic rings. The molecule has 1 aliphatic heterocycles. The summed E-state index contributed by atoms with van der Waals surface area (Å²) in [6.07, 6.45) is 3.56. The zero-order valence-electron chi connectivity index (χ0n) is 16.6. The minimum absolute atomic E-state index is 0.224. The number of anilines is 1. The predicted octanol–water partition coefficient (Wildman–Crippen LogP) is 2.43. The van der Waals surface area contributed by atoms with Crippen LogP contribution in [0.15, 0.2) is 35.3 Å². The summed E-state index contributed by atoms with van der Waals surface area (Å²) in [6, 6.07) is 10.6. The highest BCUT2D eigenvalue weighted by Crippen LogP contribution is 2.12. The molecular weight excluding hydrogens is 342 g/mol. The topological polar surface area (TPSA) is 83.2 Å². The first kappa shape index (κ1) is 20.9. The quantitative estimate of drug-likeness (QED) is 0.414. The Morgan fingerprint density at radius 3 is 2.67 bits per heavy atom. The third kappa shape index (κ3) is 7.37. The number of ether oxygens (including phenoxy) is 1. The van der Waals surface area contributed by atoms with Crippen molar-refractivity contribution >= 4 is 17.7 Å². The molecule has 0 radical (unpaired) electrons. The Labute approximate surface area is 162 Å². The van der Waals surface area contributed by atoms with Gasteiger partial charge in [-0.05, 0) is 44.7 Å². The first-order chi connectivity index (χ1) is 13.1. The van der Waals surface area contributed by atoms with Crippen LogP contribution in [-0.4, -0.2) is 62.8 Å². The maximum Gasteiger partial charge on any atom is 0.409 e. The third-order valence-electron chi connectivity index (χ3n) is 4.75. The average Bonchev–Trinajstić information content (AvgIpc) is 2.69. The monoisotopic (exact) mass is 375 g/mol. The number of carbonyl (C=O) groups is 1. The van der Waals surface area contributed by atoms with E-state index in [2.05, 4.69) is 46.5 Å². The van der Waals surface area contributed by atoms with Gasteiger partial charge >= 0.3 is 6.09 Å². The van der Waals surface area contributed by atoms with Gasteiger partial charge in [-0.1, -0.05) is 18.2 Å². The van der Waals surface area contributed by atoms with Crippen LogP contribution >= 0.6 is 0 Å². The van der Waals surface area contributed by atoms with Gasteiger partial charge in [-0.15, -0.1) is 0 Å². The smallest absolute Gasteiger partial charge is 0.409 e. The molecule has 1 amide bonds. The van der Waals surface area contributed by atoms with Crippen molar-refractivity contribution in [2.75, 3.05) is 44.7 Å². The van der Waals surface area contributed by atoms with Crippen molar-refractivity contribution in [2.24, 2.45) is 10.7 Å². The normalized spacial score (nSPS) is 15.5. The number of nitrogens with one attached hydrogen (secondary N) is 1. The van der Waals surface area contributed by atoms with Crippen LogP contribution in [-0.2, 0) is 4.74 Å². The summed E-state index contributed by atoms with van der Waals surface area (Å²) in [5, 5.41) is 3.27. The van der Waals surface area contributed by atoms with Crippen LogP contribution in [0.3, 0.4) is 0 Å². The highest BCUT2D eigenvalue weighted by molar-refractivity contribution is 5.78. The minimum atomic E-state index is -0.224. The van der Waals surface area contributed by atoms with Gasteiger partial charge in [0.15, 0.2) is 5.96 Å². The molecule has 0 aliphatic carbocycles. The van der Waals surface area contributed by atoms with Crippen molar-refractivity contribution in [3.05, 3.63) is 30.3 Å². The second-order valence-corrected chi connectivity index (χ2v) is 6.84. The Hall–Kier alpha value is -2.44. The first-order valence-electron chi connectivity index (χ1n) is 9.84. The number of nitrogens with two attached hydrogens (primary N) is 1. The summed E-state index contributed by atoms with van der Waals surface area (Å²) in [6.45, 7) is 5.34. The Morgan fingerprint density at radius 2 is 2.00 bits per heavy atom. The number of guanidine groups is 1. The molecule has 7 heteroatoms. The summed E-state index contributed by atoms with van der Waals surface area (Å²) in [4.78, 5) is 20.1. The van der Waals surface area contributed by atoms with Gasteiger partial charge in [0.05, 0.1) is 6.61 Å². The molecule has 1 aliphatic rings. The highest BCUT2D eigenvalue weighted by Gasteiger charge is 2.23. The number of carbonyl (C=O) groups excluding carboxylic acids is 1. The zero-order valence-corrected chi connectivity index (χ0v) is 16.6. The molecule has 0 saturated carbocycles. The lowest BCUT2D eigenvalue weighted by atomic mass is 10.1. The number of piperidine rings is 1. The molecule has 1 aromatic carbocycles. The predicted molar refractivity (Wildman–Crippen MR) is 110 cm³/mol. The summed E-state index contributed by atoms with van der Waals surface area (Å²) in [5.41, 5.74) is 7.24. The van der Waals surface area contributed by atoms with E-state index < -0.39 is 0 Å². The molecule has 1 saturated heterocycles. The molecule has 2 rings (SSSR count). The molecule has 27 heavy (non-hydrogen) atoms. The van der Waals surface area contributed by atoms with Crippen molar-refractivity contribution in [3.8, 4) is 0 Å². The van der Waals surface area contributed by atoms with Crippen LogP contribution in [0.1, 0.15) is 32.6 Å². The van der Waals surface area contributed by atoms with E-state index in [0.29, 0.717) is 25.7 Å². The Bertz CT molecular complexity index is 585. The number of amides is 1. The molecule has 150 valence electrons. The van der Waals surface area contributed by atoms with Crippen LogP contribution in [0, 0.1) is 0 Å². The van der Waals surface area contributed by atoms with E-state index in [-0.39, 0.29) is 12.1 Å². The number of para-hydroxylation sites is 1. The van der Waals surface area contributed by atoms with Gasteiger partial charge in [0.1, 0.15) is 0 Å². The SMILES string of the molecule is CCOC(=O)N1CCC(NC(N)=NCCCCN(C)c2ccccc2)CC1. The molecule has 0 aromatic heterocycles. The molecule has 0 spiro atoms. The lowest BCUT2D eigenvalue weighted by Crippen LogP contribution is -2.48. The zero-order chi connectivity index (χ0) is 19.5. The van der Waals surface area contributed by atoms with Gasteiger partial charge in [0, 0.05) is 45.0 Å². The molecule has 1 heterocycles. The molecule has 7 nitrogen and oxygen atoms in total. The van der Waals surface area contributed by atoms with Gasteiger partial charge in [-0.25, -0.2) is 4.79 Å². The van der Waals surface area contributed by atoms with E-state index in [1.165, 1.54) is 5.69 Å². The summed E-state index contributed by atoms with van der Waals surface area (Å²) in [5.74, 6) is 0.501. The summed E-state index contributed by atoms with van der Waals surface area (Å²) < 4.78 is 5.03. The molecule has 0 unspecified atom stereocenters. The van der Waals surface area contributed by atoms with Crippen LogP contribution in [0.4, 0.5) is 10.5 Å². The molecular formula is C20H33N5O2. The van der Waals surface area contributed by atoms with Crippen molar-refractivity contribution in [1.82, 2.24) is 10.2 Å². The van der Waals surface area contributed by atoms with Crippen LogP contribution in [0.25, 0.3) is 0 Å².